The van der Waals surface area contributed by atoms with E-state index >= 15 is 0 Å². The minimum Gasteiger partial charge on any atom is -0.451 e. The third-order valence-corrected chi connectivity index (χ3v) is 7.11. The van der Waals surface area contributed by atoms with Crippen molar-refractivity contribution >= 4 is 11.7 Å². The number of aromatic nitrogens is 2. The highest BCUT2D eigenvalue weighted by atomic mass is 16.5. The molecule has 33 heavy (non-hydrogen) atoms. The van der Waals surface area contributed by atoms with Crippen LogP contribution in [0.3, 0.4) is 0 Å². The van der Waals surface area contributed by atoms with Gasteiger partial charge >= 0.3 is 0 Å². The number of rotatable bonds is 4. The number of hydrogen-bond acceptors (Lipinski definition) is 7. The van der Waals surface area contributed by atoms with Crippen LogP contribution < -0.4 is 4.90 Å². The maximum atomic E-state index is 13.1. The lowest BCUT2D eigenvalue weighted by molar-refractivity contribution is -0.0407. The number of oxazole rings is 1. The van der Waals surface area contributed by atoms with E-state index in [1.807, 2.05) is 4.90 Å². The zero-order valence-electron chi connectivity index (χ0n) is 19.8. The Hall–Kier alpha value is -2.92. The van der Waals surface area contributed by atoms with Crippen LogP contribution in [0.2, 0.25) is 0 Å². The van der Waals surface area contributed by atoms with Gasteiger partial charge in [0.2, 0.25) is 0 Å². The van der Waals surface area contributed by atoms with Gasteiger partial charge in [-0.25, -0.2) is 9.97 Å². The van der Waals surface area contributed by atoms with E-state index in [2.05, 4.69) is 43.6 Å². The number of ether oxygens (including phenoxy) is 1. The van der Waals surface area contributed by atoms with Gasteiger partial charge in [0.05, 0.1) is 29.5 Å². The van der Waals surface area contributed by atoms with E-state index in [1.165, 1.54) is 12.7 Å². The Kier molecular flexibility index (Phi) is 5.40. The van der Waals surface area contributed by atoms with Gasteiger partial charge in [-0.1, -0.05) is 13.8 Å². The van der Waals surface area contributed by atoms with Crippen LogP contribution in [0, 0.1) is 17.2 Å². The zero-order valence-corrected chi connectivity index (χ0v) is 19.8. The normalized spacial score (nSPS) is 22.2. The van der Waals surface area contributed by atoms with Crippen LogP contribution in [0.5, 0.6) is 0 Å². The smallest absolute Gasteiger partial charge is 0.276 e. The Bertz CT molecular complexity index is 1100. The van der Waals surface area contributed by atoms with Crippen molar-refractivity contribution in [2.24, 2.45) is 5.92 Å². The fourth-order valence-electron chi connectivity index (χ4n) is 5.11. The highest BCUT2D eigenvalue weighted by molar-refractivity contribution is 5.92. The van der Waals surface area contributed by atoms with Crippen molar-refractivity contribution in [1.29, 1.82) is 5.26 Å². The highest BCUT2D eigenvalue weighted by Gasteiger charge is 2.39. The quantitative estimate of drug-likeness (QED) is 0.703. The first-order chi connectivity index (χ1) is 15.8. The van der Waals surface area contributed by atoms with Crippen LogP contribution in [-0.4, -0.2) is 52.1 Å². The number of carbonyl (C=O) groups is 1. The second-order valence-electron chi connectivity index (χ2n) is 10.4. The van der Waals surface area contributed by atoms with E-state index in [9.17, 15) is 10.1 Å². The molecule has 2 aromatic rings. The number of hydrogen-bond donors (Lipinski definition) is 0. The summed E-state index contributed by atoms with van der Waals surface area (Å²) in [5.74, 6) is 1.36. The van der Waals surface area contributed by atoms with Crippen molar-refractivity contribution in [2.45, 2.75) is 71.1 Å². The molecule has 1 saturated carbocycles. The number of amides is 1. The number of nitriles is 1. The summed E-state index contributed by atoms with van der Waals surface area (Å²) in [4.78, 5) is 26.3. The van der Waals surface area contributed by atoms with Gasteiger partial charge in [0, 0.05) is 37.5 Å². The summed E-state index contributed by atoms with van der Waals surface area (Å²) < 4.78 is 11.1. The second-order valence-corrected chi connectivity index (χ2v) is 10.4. The molecule has 1 atom stereocenters. The number of carbonyl (C=O) groups excluding carboxylic acids is 1. The van der Waals surface area contributed by atoms with Crippen LogP contribution in [0.25, 0.3) is 0 Å². The molecule has 8 heteroatoms. The van der Waals surface area contributed by atoms with E-state index in [-0.39, 0.29) is 23.5 Å². The molecule has 0 N–H and O–H groups in total. The van der Waals surface area contributed by atoms with Gasteiger partial charge in [0.15, 0.2) is 12.1 Å². The number of piperazine rings is 1. The molecule has 8 nitrogen and oxygen atoms in total. The first kappa shape index (κ1) is 21.9. The van der Waals surface area contributed by atoms with E-state index in [0.717, 1.165) is 35.5 Å². The van der Waals surface area contributed by atoms with Crippen LogP contribution in [0.1, 0.15) is 79.3 Å². The summed E-state index contributed by atoms with van der Waals surface area (Å²) in [6, 6.07) is 2.47. The summed E-state index contributed by atoms with van der Waals surface area (Å²) in [6.07, 6.45) is 5.68. The lowest BCUT2D eigenvalue weighted by Crippen LogP contribution is -2.57. The fraction of sp³-hybridized carbons (Fsp3) is 0.600. The molecule has 3 aliphatic rings. The van der Waals surface area contributed by atoms with Gasteiger partial charge in [-0.3, -0.25) is 4.79 Å². The standard InChI is InChI=1S/C25H31N5O3/c1-15(2)21-11-29(7-8-30(21)24(31)20-13-32-14-27-20)23-18(10-26)17-9-25(3,4)33-12-19(17)22(28-23)16-5-6-16/h13-16,21H,5-9,11-12H2,1-4H3/t21-/m0/s1. The first-order valence-corrected chi connectivity index (χ1v) is 11.8. The van der Waals surface area contributed by atoms with E-state index in [1.54, 1.807) is 0 Å². The van der Waals surface area contributed by atoms with Gasteiger partial charge in [-0.2, -0.15) is 5.26 Å². The SMILES string of the molecule is CC(C)[C@@H]1CN(c2nc(C3CC3)c3c(c2C#N)CC(C)(C)OC3)CCN1C(=O)c1cocn1. The molecule has 1 aliphatic carbocycles. The number of nitrogens with zero attached hydrogens (tertiary/aromatic N) is 5. The van der Waals surface area contributed by atoms with Crippen LogP contribution in [0.4, 0.5) is 5.82 Å². The Morgan fingerprint density at radius 1 is 1.27 bits per heavy atom. The van der Waals surface area contributed by atoms with E-state index < -0.39 is 0 Å². The third-order valence-electron chi connectivity index (χ3n) is 7.11. The molecule has 2 aliphatic heterocycles. The molecule has 0 radical (unpaired) electrons. The average molecular weight is 450 g/mol. The van der Waals surface area contributed by atoms with Crippen molar-refractivity contribution in [3.05, 3.63) is 40.7 Å². The number of anilines is 1. The maximum Gasteiger partial charge on any atom is 0.276 e. The van der Waals surface area contributed by atoms with Gasteiger partial charge < -0.3 is 19.0 Å². The largest absolute Gasteiger partial charge is 0.451 e. The molecule has 2 fully saturated rings. The molecular formula is C25H31N5O3. The Morgan fingerprint density at radius 2 is 2.06 bits per heavy atom. The molecule has 2 aromatic heterocycles. The van der Waals surface area contributed by atoms with Gasteiger partial charge in [-0.05, 0) is 38.2 Å². The van der Waals surface area contributed by atoms with Crippen LogP contribution >= 0.6 is 0 Å². The molecule has 0 aromatic carbocycles. The summed E-state index contributed by atoms with van der Waals surface area (Å²) in [7, 11) is 0. The average Bonchev–Trinajstić information content (AvgIpc) is 3.49. The molecule has 174 valence electrons. The lowest BCUT2D eigenvalue weighted by atomic mass is 9.87. The Balaban J connectivity index is 1.51. The monoisotopic (exact) mass is 449 g/mol. The predicted octanol–water partition coefficient (Wildman–Crippen LogP) is 3.66. The zero-order chi connectivity index (χ0) is 23.3. The number of pyridine rings is 1. The number of fused-ring (bicyclic) bond motifs is 1. The molecule has 0 unspecified atom stereocenters. The molecule has 1 saturated heterocycles. The Labute approximate surface area is 194 Å². The minimum atomic E-state index is -0.304. The first-order valence-electron chi connectivity index (χ1n) is 11.8. The van der Waals surface area contributed by atoms with Gasteiger partial charge in [0.25, 0.3) is 5.91 Å². The van der Waals surface area contributed by atoms with Crippen molar-refractivity contribution in [1.82, 2.24) is 14.9 Å². The highest BCUT2D eigenvalue weighted by Crippen LogP contribution is 2.46. The van der Waals surface area contributed by atoms with Crippen molar-refractivity contribution in [3.63, 3.8) is 0 Å². The molecule has 0 bridgehead atoms. The summed E-state index contributed by atoms with van der Waals surface area (Å²) in [6.45, 7) is 10.7. The second kappa shape index (κ2) is 8.14. The van der Waals surface area contributed by atoms with E-state index in [4.69, 9.17) is 14.1 Å². The van der Waals surface area contributed by atoms with Gasteiger partial charge in [-0.15, -0.1) is 0 Å². The Morgan fingerprint density at radius 3 is 2.70 bits per heavy atom. The molecule has 4 heterocycles. The van der Waals surface area contributed by atoms with Crippen molar-refractivity contribution in [3.8, 4) is 6.07 Å². The van der Waals surface area contributed by atoms with E-state index in [0.29, 0.717) is 49.8 Å². The van der Waals surface area contributed by atoms with Crippen LogP contribution in [-0.2, 0) is 17.8 Å². The lowest BCUT2D eigenvalue weighted by Gasteiger charge is -2.44. The van der Waals surface area contributed by atoms with Gasteiger partial charge in [0.1, 0.15) is 18.2 Å². The van der Waals surface area contributed by atoms with Crippen LogP contribution in [0.15, 0.2) is 17.1 Å². The molecular weight excluding hydrogens is 418 g/mol. The minimum absolute atomic E-state index is 0.0172. The molecule has 1 amide bonds. The fourth-order valence-corrected chi connectivity index (χ4v) is 5.11. The predicted molar refractivity (Wildman–Crippen MR) is 122 cm³/mol. The molecule has 0 spiro atoms. The van der Waals surface area contributed by atoms with Crippen molar-refractivity contribution < 1.29 is 13.9 Å². The summed E-state index contributed by atoms with van der Waals surface area (Å²) >= 11 is 0. The third kappa shape index (κ3) is 3.99. The maximum absolute atomic E-state index is 13.1. The molecule has 5 rings (SSSR count). The summed E-state index contributed by atoms with van der Waals surface area (Å²) in [5.41, 5.74) is 4.03. The summed E-state index contributed by atoms with van der Waals surface area (Å²) in [5, 5.41) is 10.2. The van der Waals surface area contributed by atoms with Crippen molar-refractivity contribution in [2.75, 3.05) is 24.5 Å². The topological polar surface area (TPSA) is 95.5 Å².